The first-order valence-electron chi connectivity index (χ1n) is 6.59. The lowest BCUT2D eigenvalue weighted by Gasteiger charge is -2.22. The zero-order valence-electron chi connectivity index (χ0n) is 11.0. The predicted octanol–water partition coefficient (Wildman–Crippen LogP) is 3.93. The van der Waals surface area contributed by atoms with Gasteiger partial charge < -0.3 is 5.32 Å². The molecule has 15 heavy (non-hydrogen) atoms. The molecule has 0 aliphatic rings. The molecule has 0 rings (SSSR count). The Morgan fingerprint density at radius 1 is 1.07 bits per heavy atom. The van der Waals surface area contributed by atoms with Gasteiger partial charge in [-0.05, 0) is 31.1 Å². The summed E-state index contributed by atoms with van der Waals surface area (Å²) in [6.45, 7) is 10.2. The largest absolute Gasteiger partial charge is 0.313 e. The lowest BCUT2D eigenvalue weighted by Crippen LogP contribution is -2.33. The minimum atomic E-state index is 0.733. The highest BCUT2D eigenvalue weighted by Crippen LogP contribution is 2.17. The van der Waals surface area contributed by atoms with Crippen LogP contribution in [0.5, 0.6) is 0 Å². The maximum Gasteiger partial charge on any atom is 0.0160 e. The van der Waals surface area contributed by atoms with Crippen molar-refractivity contribution < 1.29 is 0 Å². The highest BCUT2D eigenvalue weighted by molar-refractivity contribution is 7.99. The molecule has 0 aliphatic heterocycles. The van der Waals surface area contributed by atoms with Crippen LogP contribution in [0.2, 0.25) is 0 Å². The normalized spacial score (nSPS) is 13.4. The summed E-state index contributed by atoms with van der Waals surface area (Å²) in [5.74, 6) is 3.51. The molecule has 0 aromatic carbocycles. The van der Waals surface area contributed by atoms with E-state index < -0.39 is 0 Å². The van der Waals surface area contributed by atoms with Crippen LogP contribution in [0.25, 0.3) is 0 Å². The highest BCUT2D eigenvalue weighted by atomic mass is 32.2. The maximum atomic E-state index is 3.62. The summed E-state index contributed by atoms with van der Waals surface area (Å²) in [7, 11) is 0. The quantitative estimate of drug-likeness (QED) is 0.572. The van der Waals surface area contributed by atoms with Crippen LogP contribution in [0.4, 0.5) is 0 Å². The van der Waals surface area contributed by atoms with Crippen molar-refractivity contribution in [3.8, 4) is 0 Å². The SMILES string of the molecule is CCCSCC(CC(CC)CC)NCC. The van der Waals surface area contributed by atoms with E-state index in [1.54, 1.807) is 0 Å². The van der Waals surface area contributed by atoms with E-state index in [4.69, 9.17) is 0 Å². The van der Waals surface area contributed by atoms with Crippen LogP contribution >= 0.6 is 11.8 Å². The molecule has 0 amide bonds. The van der Waals surface area contributed by atoms with E-state index in [1.165, 1.54) is 37.2 Å². The number of nitrogens with one attached hydrogen (secondary N) is 1. The summed E-state index contributed by atoms with van der Waals surface area (Å²) in [6, 6.07) is 0.733. The van der Waals surface area contributed by atoms with Gasteiger partial charge in [0.1, 0.15) is 0 Å². The molecule has 1 nitrogen and oxygen atoms in total. The number of hydrogen-bond acceptors (Lipinski definition) is 2. The van der Waals surface area contributed by atoms with E-state index in [1.807, 2.05) is 0 Å². The van der Waals surface area contributed by atoms with Crippen molar-refractivity contribution in [2.45, 2.75) is 59.4 Å². The Labute approximate surface area is 101 Å². The molecule has 0 fully saturated rings. The van der Waals surface area contributed by atoms with Crippen LogP contribution < -0.4 is 5.32 Å². The molecule has 2 heteroatoms. The highest BCUT2D eigenvalue weighted by Gasteiger charge is 2.12. The summed E-state index contributed by atoms with van der Waals surface area (Å²) in [5.41, 5.74) is 0. The van der Waals surface area contributed by atoms with Crippen molar-refractivity contribution in [2.24, 2.45) is 5.92 Å². The van der Waals surface area contributed by atoms with Gasteiger partial charge in [-0.1, -0.05) is 40.5 Å². The van der Waals surface area contributed by atoms with Crippen molar-refractivity contribution in [1.82, 2.24) is 5.32 Å². The smallest absolute Gasteiger partial charge is 0.0160 e. The van der Waals surface area contributed by atoms with Gasteiger partial charge >= 0.3 is 0 Å². The summed E-state index contributed by atoms with van der Waals surface area (Å²) >= 11 is 2.10. The van der Waals surface area contributed by atoms with Gasteiger partial charge in [0.2, 0.25) is 0 Å². The van der Waals surface area contributed by atoms with Gasteiger partial charge in [-0.2, -0.15) is 11.8 Å². The number of rotatable bonds is 10. The van der Waals surface area contributed by atoms with E-state index in [-0.39, 0.29) is 0 Å². The predicted molar refractivity (Wildman–Crippen MR) is 73.8 cm³/mol. The van der Waals surface area contributed by atoms with E-state index in [2.05, 4.69) is 44.8 Å². The monoisotopic (exact) mass is 231 g/mol. The van der Waals surface area contributed by atoms with Gasteiger partial charge in [0.05, 0.1) is 0 Å². The van der Waals surface area contributed by atoms with Crippen LogP contribution in [-0.2, 0) is 0 Å². The molecule has 0 aliphatic carbocycles. The van der Waals surface area contributed by atoms with E-state index in [0.717, 1.165) is 18.5 Å². The van der Waals surface area contributed by atoms with Crippen LogP contribution in [0.1, 0.15) is 53.4 Å². The van der Waals surface area contributed by atoms with Gasteiger partial charge in [-0.3, -0.25) is 0 Å². The Bertz CT molecular complexity index is 124. The molecule has 1 atom stereocenters. The second-order valence-electron chi connectivity index (χ2n) is 4.25. The zero-order valence-corrected chi connectivity index (χ0v) is 11.8. The first-order chi connectivity index (χ1) is 7.28. The van der Waals surface area contributed by atoms with Gasteiger partial charge in [0, 0.05) is 11.8 Å². The lowest BCUT2D eigenvalue weighted by atomic mass is 9.95. The Hall–Kier alpha value is 0.310. The second-order valence-corrected chi connectivity index (χ2v) is 5.40. The van der Waals surface area contributed by atoms with Crippen molar-refractivity contribution >= 4 is 11.8 Å². The molecular formula is C13H29NS. The summed E-state index contributed by atoms with van der Waals surface area (Å²) in [5, 5.41) is 3.62. The summed E-state index contributed by atoms with van der Waals surface area (Å²) in [4.78, 5) is 0. The van der Waals surface area contributed by atoms with E-state index in [0.29, 0.717) is 0 Å². The number of thioether (sulfide) groups is 1. The van der Waals surface area contributed by atoms with Gasteiger partial charge in [0.15, 0.2) is 0 Å². The number of hydrogen-bond donors (Lipinski definition) is 1. The zero-order chi connectivity index (χ0) is 11.5. The summed E-state index contributed by atoms with van der Waals surface area (Å²) < 4.78 is 0. The topological polar surface area (TPSA) is 12.0 Å². The van der Waals surface area contributed by atoms with E-state index >= 15 is 0 Å². The fourth-order valence-corrected chi connectivity index (χ4v) is 2.89. The van der Waals surface area contributed by atoms with Gasteiger partial charge in [-0.15, -0.1) is 0 Å². The molecule has 1 unspecified atom stereocenters. The first-order valence-corrected chi connectivity index (χ1v) is 7.74. The third-order valence-electron chi connectivity index (χ3n) is 2.93. The molecule has 0 heterocycles. The Morgan fingerprint density at radius 2 is 1.73 bits per heavy atom. The van der Waals surface area contributed by atoms with Crippen molar-refractivity contribution in [2.75, 3.05) is 18.1 Å². The van der Waals surface area contributed by atoms with Crippen molar-refractivity contribution in [3.63, 3.8) is 0 Å². The van der Waals surface area contributed by atoms with Crippen molar-refractivity contribution in [3.05, 3.63) is 0 Å². The molecule has 0 saturated carbocycles. The fourth-order valence-electron chi connectivity index (χ4n) is 1.89. The molecule has 1 N–H and O–H groups in total. The third-order valence-corrected chi connectivity index (χ3v) is 4.27. The standard InChI is InChI=1S/C13H29NS/c1-5-9-15-11-13(14-8-4)10-12(6-2)7-3/h12-14H,5-11H2,1-4H3. The van der Waals surface area contributed by atoms with Gasteiger partial charge in [-0.25, -0.2) is 0 Å². The second kappa shape index (κ2) is 10.8. The molecule has 0 spiro atoms. The van der Waals surface area contributed by atoms with E-state index in [9.17, 15) is 0 Å². The first kappa shape index (κ1) is 15.3. The minimum Gasteiger partial charge on any atom is -0.313 e. The molecule has 0 saturated heterocycles. The Morgan fingerprint density at radius 3 is 2.20 bits per heavy atom. The molecule has 0 aromatic heterocycles. The van der Waals surface area contributed by atoms with Crippen molar-refractivity contribution in [1.29, 1.82) is 0 Å². The molecule has 0 aromatic rings. The maximum absolute atomic E-state index is 3.62. The van der Waals surface area contributed by atoms with Crippen LogP contribution in [0.3, 0.4) is 0 Å². The molecule has 0 radical (unpaired) electrons. The molecule has 0 bridgehead atoms. The summed E-state index contributed by atoms with van der Waals surface area (Å²) in [6.07, 6.45) is 5.32. The fraction of sp³-hybridized carbons (Fsp3) is 1.00. The molecule has 92 valence electrons. The van der Waals surface area contributed by atoms with Crippen LogP contribution in [0, 0.1) is 5.92 Å². The van der Waals surface area contributed by atoms with Crippen LogP contribution in [0.15, 0.2) is 0 Å². The van der Waals surface area contributed by atoms with Crippen LogP contribution in [-0.4, -0.2) is 24.1 Å². The Kier molecular flexibility index (Phi) is 11.0. The third kappa shape index (κ3) is 8.15. The average Bonchev–Trinajstić information content (AvgIpc) is 2.26. The van der Waals surface area contributed by atoms with Gasteiger partial charge in [0.25, 0.3) is 0 Å². The lowest BCUT2D eigenvalue weighted by molar-refractivity contribution is 0.388. The average molecular weight is 231 g/mol. The Balaban J connectivity index is 3.79. The molecular weight excluding hydrogens is 202 g/mol. The minimum absolute atomic E-state index is 0.733.